The van der Waals surface area contributed by atoms with E-state index in [1.165, 1.54) is 16.6 Å². The average Bonchev–Trinajstić information content (AvgIpc) is 3.21. The molecule has 4 rings (SSSR count). The predicted octanol–water partition coefficient (Wildman–Crippen LogP) is 3.08. The summed E-state index contributed by atoms with van der Waals surface area (Å²) in [5, 5.41) is 2.86. The standard InChI is InChI=1S/C24H32N4O5S/c1-33-20-10-8-19(9-11-20)26-23(29)18-7-6-14-28(17-18)34(31,32)21-15-22(25-16-21)24(30)27-12-4-2-3-5-13-27/h8-11,15-16,18,25H,2-7,12-14,17H2,1H3,(H,26,29). The molecule has 2 fully saturated rings. The number of carbonyl (C=O) groups excluding carboxylic acids is 2. The van der Waals surface area contributed by atoms with Crippen LogP contribution in [0.15, 0.2) is 41.4 Å². The van der Waals surface area contributed by atoms with Gasteiger partial charge in [-0.3, -0.25) is 9.59 Å². The molecule has 1 aromatic heterocycles. The zero-order valence-corrected chi connectivity index (χ0v) is 20.3. The van der Waals surface area contributed by atoms with E-state index in [0.717, 1.165) is 25.7 Å². The van der Waals surface area contributed by atoms with E-state index < -0.39 is 15.9 Å². The Morgan fingerprint density at radius 1 is 1.03 bits per heavy atom. The number of nitrogens with zero attached hydrogens (tertiary/aromatic N) is 2. The molecular weight excluding hydrogens is 456 g/mol. The van der Waals surface area contributed by atoms with Crippen molar-refractivity contribution in [3.05, 3.63) is 42.2 Å². The van der Waals surface area contributed by atoms with Gasteiger partial charge in [0.2, 0.25) is 15.9 Å². The van der Waals surface area contributed by atoms with Crippen LogP contribution >= 0.6 is 0 Å². The first kappa shape index (κ1) is 24.3. The molecule has 0 radical (unpaired) electrons. The highest BCUT2D eigenvalue weighted by molar-refractivity contribution is 7.89. The van der Waals surface area contributed by atoms with Crippen LogP contribution in [0.25, 0.3) is 0 Å². The van der Waals surface area contributed by atoms with Gasteiger partial charge in [0.05, 0.1) is 13.0 Å². The van der Waals surface area contributed by atoms with E-state index in [4.69, 9.17) is 4.74 Å². The van der Waals surface area contributed by atoms with Crippen molar-refractivity contribution < 1.29 is 22.7 Å². The molecular formula is C24H32N4O5S. The zero-order valence-electron chi connectivity index (χ0n) is 19.5. The smallest absolute Gasteiger partial charge is 0.270 e. The van der Waals surface area contributed by atoms with Crippen LogP contribution in [0, 0.1) is 5.92 Å². The molecule has 9 nitrogen and oxygen atoms in total. The molecule has 2 aromatic rings. The van der Waals surface area contributed by atoms with Gasteiger partial charge in [0.1, 0.15) is 16.3 Å². The van der Waals surface area contributed by atoms with E-state index >= 15 is 0 Å². The number of hydrogen-bond acceptors (Lipinski definition) is 5. The Morgan fingerprint density at radius 3 is 2.41 bits per heavy atom. The van der Waals surface area contributed by atoms with E-state index in [1.807, 2.05) is 0 Å². The molecule has 2 amide bonds. The van der Waals surface area contributed by atoms with Gasteiger partial charge in [-0.25, -0.2) is 8.42 Å². The maximum atomic E-state index is 13.3. The van der Waals surface area contributed by atoms with Gasteiger partial charge >= 0.3 is 0 Å². The van der Waals surface area contributed by atoms with E-state index in [0.29, 0.717) is 43.9 Å². The van der Waals surface area contributed by atoms with Crippen molar-refractivity contribution in [3.8, 4) is 5.75 Å². The summed E-state index contributed by atoms with van der Waals surface area (Å²) >= 11 is 0. The molecule has 10 heteroatoms. The maximum Gasteiger partial charge on any atom is 0.270 e. The Bertz CT molecular complexity index is 1100. The molecule has 0 spiro atoms. The lowest BCUT2D eigenvalue weighted by molar-refractivity contribution is -0.120. The molecule has 184 valence electrons. The van der Waals surface area contributed by atoms with Gasteiger partial charge in [0.15, 0.2) is 0 Å². The highest BCUT2D eigenvalue weighted by atomic mass is 32.2. The quantitative estimate of drug-likeness (QED) is 0.649. The molecule has 0 saturated carbocycles. The Morgan fingerprint density at radius 2 is 1.74 bits per heavy atom. The largest absolute Gasteiger partial charge is 0.497 e. The number of rotatable bonds is 6. The number of benzene rings is 1. The molecule has 3 heterocycles. The summed E-state index contributed by atoms with van der Waals surface area (Å²) < 4.78 is 33.0. The Labute approximate surface area is 200 Å². The summed E-state index contributed by atoms with van der Waals surface area (Å²) in [7, 11) is -2.25. The second-order valence-corrected chi connectivity index (χ2v) is 10.8. The maximum absolute atomic E-state index is 13.3. The second kappa shape index (κ2) is 10.6. The number of H-pyrrole nitrogens is 1. The predicted molar refractivity (Wildman–Crippen MR) is 128 cm³/mol. The number of ether oxygens (including phenoxy) is 1. The third-order valence-corrected chi connectivity index (χ3v) is 8.37. The molecule has 1 aromatic carbocycles. The third kappa shape index (κ3) is 5.44. The molecule has 2 aliphatic rings. The number of aromatic nitrogens is 1. The van der Waals surface area contributed by atoms with E-state index in [-0.39, 0.29) is 28.9 Å². The number of sulfonamides is 1. The van der Waals surface area contributed by atoms with Gasteiger partial charge in [-0.2, -0.15) is 4.31 Å². The number of aromatic amines is 1. The average molecular weight is 489 g/mol. The van der Waals surface area contributed by atoms with Crippen LogP contribution in [0.4, 0.5) is 5.69 Å². The monoisotopic (exact) mass is 488 g/mol. The summed E-state index contributed by atoms with van der Waals surface area (Å²) in [5.41, 5.74) is 0.916. The van der Waals surface area contributed by atoms with E-state index in [1.54, 1.807) is 36.3 Å². The zero-order chi connectivity index (χ0) is 24.1. The summed E-state index contributed by atoms with van der Waals surface area (Å²) in [6.07, 6.45) is 6.72. The van der Waals surface area contributed by atoms with E-state index in [2.05, 4.69) is 10.3 Å². The van der Waals surface area contributed by atoms with Gasteiger partial charge in [-0.1, -0.05) is 12.8 Å². The highest BCUT2D eigenvalue weighted by Gasteiger charge is 2.34. The highest BCUT2D eigenvalue weighted by Crippen LogP contribution is 2.26. The number of likely N-dealkylation sites (tertiary alicyclic amines) is 1. The minimum Gasteiger partial charge on any atom is -0.497 e. The number of hydrogen-bond donors (Lipinski definition) is 2. The topological polar surface area (TPSA) is 112 Å². The molecule has 34 heavy (non-hydrogen) atoms. The number of carbonyl (C=O) groups is 2. The summed E-state index contributed by atoms with van der Waals surface area (Å²) in [4.78, 5) is 30.4. The first-order valence-corrected chi connectivity index (χ1v) is 13.3. The van der Waals surface area contributed by atoms with Crippen LogP contribution in [-0.2, 0) is 14.8 Å². The van der Waals surface area contributed by atoms with Gasteiger partial charge in [-0.15, -0.1) is 0 Å². The minimum atomic E-state index is -3.83. The SMILES string of the molecule is COc1ccc(NC(=O)C2CCCN(S(=O)(=O)c3c[nH]c(C(=O)N4CCCCCC4)c3)C2)cc1. The summed E-state index contributed by atoms with van der Waals surface area (Å²) in [6, 6.07) is 8.42. The van der Waals surface area contributed by atoms with Crippen molar-refractivity contribution >= 4 is 27.5 Å². The van der Waals surface area contributed by atoms with Crippen LogP contribution in [-0.4, -0.2) is 67.7 Å². The lowest BCUT2D eigenvalue weighted by atomic mass is 9.99. The van der Waals surface area contributed by atoms with Crippen LogP contribution in [0.2, 0.25) is 0 Å². The lowest BCUT2D eigenvalue weighted by Crippen LogP contribution is -2.43. The van der Waals surface area contributed by atoms with Crippen molar-refractivity contribution in [2.45, 2.75) is 43.4 Å². The molecule has 1 atom stereocenters. The fraction of sp³-hybridized carbons (Fsp3) is 0.500. The van der Waals surface area contributed by atoms with Gasteiger partial charge in [-0.05, 0) is 56.0 Å². The minimum absolute atomic E-state index is 0.0573. The number of anilines is 1. The molecule has 2 N–H and O–H groups in total. The van der Waals surface area contributed by atoms with Gasteiger partial charge < -0.3 is 19.9 Å². The fourth-order valence-electron chi connectivity index (χ4n) is 4.53. The third-order valence-electron chi connectivity index (χ3n) is 6.53. The number of piperidine rings is 1. The number of methoxy groups -OCH3 is 1. The van der Waals surface area contributed by atoms with Crippen molar-refractivity contribution in [2.75, 3.05) is 38.6 Å². The van der Waals surface area contributed by atoms with Crippen molar-refractivity contribution in [3.63, 3.8) is 0 Å². The van der Waals surface area contributed by atoms with Crippen LogP contribution in [0.3, 0.4) is 0 Å². The van der Waals surface area contributed by atoms with Gasteiger partial charge in [0.25, 0.3) is 5.91 Å². The molecule has 2 saturated heterocycles. The lowest BCUT2D eigenvalue weighted by Gasteiger charge is -2.31. The molecule has 0 aliphatic carbocycles. The van der Waals surface area contributed by atoms with Crippen molar-refractivity contribution in [1.82, 2.24) is 14.2 Å². The summed E-state index contributed by atoms with van der Waals surface area (Å²) in [5.74, 6) is -0.147. The van der Waals surface area contributed by atoms with Gasteiger partial charge in [0, 0.05) is 38.1 Å². The molecule has 0 bridgehead atoms. The number of amides is 2. The Hall–Kier alpha value is -2.85. The normalized spacial score (nSPS) is 19.9. The first-order valence-electron chi connectivity index (χ1n) is 11.8. The van der Waals surface area contributed by atoms with E-state index in [9.17, 15) is 18.0 Å². The van der Waals surface area contributed by atoms with Crippen LogP contribution in [0.5, 0.6) is 5.75 Å². The van der Waals surface area contributed by atoms with Crippen molar-refractivity contribution in [2.24, 2.45) is 5.92 Å². The summed E-state index contributed by atoms with van der Waals surface area (Å²) in [6.45, 7) is 1.83. The Kier molecular flexibility index (Phi) is 7.57. The van der Waals surface area contributed by atoms with Crippen LogP contribution < -0.4 is 10.1 Å². The van der Waals surface area contributed by atoms with Crippen LogP contribution in [0.1, 0.15) is 49.0 Å². The molecule has 2 aliphatic heterocycles. The molecule has 1 unspecified atom stereocenters. The Balaban J connectivity index is 1.41. The second-order valence-electron chi connectivity index (χ2n) is 8.88. The number of nitrogens with one attached hydrogen (secondary N) is 2. The first-order chi connectivity index (χ1) is 16.4. The fourth-order valence-corrected chi connectivity index (χ4v) is 6.05. The van der Waals surface area contributed by atoms with Crippen molar-refractivity contribution in [1.29, 1.82) is 0 Å².